The van der Waals surface area contributed by atoms with Crippen LogP contribution in [0.1, 0.15) is 24.0 Å². The van der Waals surface area contributed by atoms with Crippen LogP contribution in [0.15, 0.2) is 24.3 Å². The van der Waals surface area contributed by atoms with E-state index < -0.39 is 29.5 Å². The van der Waals surface area contributed by atoms with Crippen molar-refractivity contribution in [2.45, 2.75) is 37.4 Å². The van der Waals surface area contributed by atoms with Gasteiger partial charge in [-0.15, -0.1) is 0 Å². The minimum Gasteiger partial charge on any atom is -0.481 e. The van der Waals surface area contributed by atoms with E-state index in [4.69, 9.17) is 0 Å². The molecule has 2 rings (SSSR count). The van der Waals surface area contributed by atoms with Crippen molar-refractivity contribution >= 4 is 11.9 Å². The standard InChI is InChI=1S/C14H14F3NO3/c1-8-3-2-4-9(5-8)13(12(20)21)6-10(7-13)18-11(19)14(15,16)17/h2-5,10H,6-7H2,1H3,(H,18,19)(H,20,21). The molecule has 0 radical (unpaired) electrons. The van der Waals surface area contributed by atoms with Gasteiger partial charge in [-0.1, -0.05) is 29.8 Å². The molecule has 0 atom stereocenters. The van der Waals surface area contributed by atoms with E-state index in [-0.39, 0.29) is 12.8 Å². The van der Waals surface area contributed by atoms with Crippen LogP contribution in [0, 0.1) is 6.92 Å². The summed E-state index contributed by atoms with van der Waals surface area (Å²) in [5.41, 5.74) is 0.193. The first-order valence-corrected chi connectivity index (χ1v) is 6.33. The average molecular weight is 301 g/mol. The maximum Gasteiger partial charge on any atom is 0.471 e. The van der Waals surface area contributed by atoms with Crippen LogP contribution < -0.4 is 5.32 Å². The number of hydrogen-bond donors (Lipinski definition) is 2. The van der Waals surface area contributed by atoms with Crippen molar-refractivity contribution in [1.29, 1.82) is 0 Å². The molecule has 114 valence electrons. The minimum absolute atomic E-state index is 0.0480. The predicted octanol–water partition coefficient (Wildman–Crippen LogP) is 2.16. The van der Waals surface area contributed by atoms with Crippen molar-refractivity contribution in [3.05, 3.63) is 35.4 Å². The second kappa shape index (κ2) is 5.05. The van der Waals surface area contributed by atoms with E-state index in [2.05, 4.69) is 0 Å². The van der Waals surface area contributed by atoms with E-state index in [0.29, 0.717) is 5.56 Å². The van der Waals surface area contributed by atoms with E-state index in [0.717, 1.165) is 5.56 Å². The number of rotatable bonds is 3. The summed E-state index contributed by atoms with van der Waals surface area (Å²) in [7, 11) is 0. The monoisotopic (exact) mass is 301 g/mol. The molecule has 0 saturated heterocycles. The largest absolute Gasteiger partial charge is 0.481 e. The Hall–Kier alpha value is -2.05. The molecule has 1 aliphatic rings. The van der Waals surface area contributed by atoms with Gasteiger partial charge in [-0.25, -0.2) is 0 Å². The summed E-state index contributed by atoms with van der Waals surface area (Å²) >= 11 is 0. The normalized spacial score (nSPS) is 25.0. The lowest BCUT2D eigenvalue weighted by atomic mass is 9.61. The molecule has 2 N–H and O–H groups in total. The molecule has 21 heavy (non-hydrogen) atoms. The number of carbonyl (C=O) groups excluding carboxylic acids is 1. The van der Waals surface area contributed by atoms with Gasteiger partial charge in [0.2, 0.25) is 0 Å². The number of amides is 1. The van der Waals surface area contributed by atoms with Gasteiger partial charge in [0.15, 0.2) is 0 Å². The summed E-state index contributed by atoms with van der Waals surface area (Å²) in [6.45, 7) is 1.81. The van der Waals surface area contributed by atoms with E-state index in [9.17, 15) is 27.9 Å². The van der Waals surface area contributed by atoms with Gasteiger partial charge in [0.1, 0.15) is 0 Å². The van der Waals surface area contributed by atoms with Gasteiger partial charge in [0.25, 0.3) is 0 Å². The number of halogens is 3. The summed E-state index contributed by atoms with van der Waals surface area (Å²) < 4.78 is 36.5. The Morgan fingerprint density at radius 3 is 2.43 bits per heavy atom. The number of aryl methyl sites for hydroxylation is 1. The molecule has 0 aromatic heterocycles. The van der Waals surface area contributed by atoms with Crippen LogP contribution in [-0.4, -0.2) is 29.2 Å². The molecule has 1 fully saturated rings. The van der Waals surface area contributed by atoms with Crippen LogP contribution in [0.2, 0.25) is 0 Å². The summed E-state index contributed by atoms with van der Waals surface area (Å²) in [4.78, 5) is 22.4. The Morgan fingerprint density at radius 1 is 1.33 bits per heavy atom. The third-order valence-corrected chi connectivity index (χ3v) is 3.76. The van der Waals surface area contributed by atoms with E-state index >= 15 is 0 Å². The zero-order chi connectivity index (χ0) is 15.8. The molecule has 0 spiro atoms. The molecule has 1 aromatic rings. The van der Waals surface area contributed by atoms with E-state index in [1.54, 1.807) is 31.2 Å². The lowest BCUT2D eigenvalue weighted by molar-refractivity contribution is -0.176. The Morgan fingerprint density at radius 2 is 1.95 bits per heavy atom. The third-order valence-electron chi connectivity index (χ3n) is 3.76. The summed E-state index contributed by atoms with van der Waals surface area (Å²) in [6.07, 6.45) is -5.05. The molecule has 0 aliphatic heterocycles. The van der Waals surface area contributed by atoms with Crippen molar-refractivity contribution < 1.29 is 27.9 Å². The van der Waals surface area contributed by atoms with E-state index in [1.807, 2.05) is 5.32 Å². The molecule has 1 aliphatic carbocycles. The van der Waals surface area contributed by atoms with Crippen molar-refractivity contribution in [2.24, 2.45) is 0 Å². The summed E-state index contributed by atoms with van der Waals surface area (Å²) in [5.74, 6) is -3.12. The molecule has 0 bridgehead atoms. The van der Waals surface area contributed by atoms with Gasteiger partial charge >= 0.3 is 18.1 Å². The zero-order valence-corrected chi connectivity index (χ0v) is 11.2. The molecule has 4 nitrogen and oxygen atoms in total. The number of aliphatic carboxylic acids is 1. The SMILES string of the molecule is Cc1cccc(C2(C(=O)O)CC(NC(=O)C(F)(F)F)C2)c1. The molecule has 0 unspecified atom stereocenters. The van der Waals surface area contributed by atoms with Crippen LogP contribution in [0.3, 0.4) is 0 Å². The lowest BCUT2D eigenvalue weighted by Crippen LogP contribution is -2.58. The highest BCUT2D eigenvalue weighted by Crippen LogP contribution is 2.44. The molecule has 1 amide bonds. The number of carboxylic acid groups (broad SMARTS) is 1. The number of hydrogen-bond acceptors (Lipinski definition) is 2. The molecular formula is C14H14F3NO3. The van der Waals surface area contributed by atoms with Gasteiger partial charge in [-0.05, 0) is 25.3 Å². The number of carboxylic acids is 1. The molecule has 7 heteroatoms. The summed E-state index contributed by atoms with van der Waals surface area (Å²) in [5, 5.41) is 11.2. The van der Waals surface area contributed by atoms with Gasteiger partial charge < -0.3 is 10.4 Å². The maximum atomic E-state index is 12.2. The number of nitrogens with one attached hydrogen (secondary N) is 1. The quantitative estimate of drug-likeness (QED) is 0.899. The number of alkyl halides is 3. The fourth-order valence-electron chi connectivity index (χ4n) is 2.63. The zero-order valence-electron chi connectivity index (χ0n) is 11.2. The first kappa shape index (κ1) is 15.3. The Balaban J connectivity index is 2.13. The number of benzene rings is 1. The molecular weight excluding hydrogens is 287 g/mol. The predicted molar refractivity (Wildman–Crippen MR) is 67.7 cm³/mol. The van der Waals surface area contributed by atoms with Gasteiger partial charge in [-0.3, -0.25) is 9.59 Å². The Bertz CT molecular complexity index is 577. The topological polar surface area (TPSA) is 66.4 Å². The lowest BCUT2D eigenvalue weighted by Gasteiger charge is -2.45. The van der Waals surface area contributed by atoms with Gasteiger partial charge in [0.05, 0.1) is 5.41 Å². The average Bonchev–Trinajstić information content (AvgIpc) is 2.31. The minimum atomic E-state index is -4.95. The number of carbonyl (C=O) groups is 2. The van der Waals surface area contributed by atoms with Crippen LogP contribution >= 0.6 is 0 Å². The second-order valence-corrected chi connectivity index (χ2v) is 5.33. The first-order chi connectivity index (χ1) is 9.65. The third kappa shape index (κ3) is 2.86. The highest BCUT2D eigenvalue weighted by atomic mass is 19.4. The van der Waals surface area contributed by atoms with Gasteiger partial charge in [-0.2, -0.15) is 13.2 Å². The van der Waals surface area contributed by atoms with Crippen LogP contribution in [0.25, 0.3) is 0 Å². The highest BCUT2D eigenvalue weighted by molar-refractivity contribution is 5.85. The van der Waals surface area contributed by atoms with E-state index in [1.165, 1.54) is 0 Å². The fraction of sp³-hybridized carbons (Fsp3) is 0.429. The fourth-order valence-corrected chi connectivity index (χ4v) is 2.63. The second-order valence-electron chi connectivity index (χ2n) is 5.33. The Kier molecular flexibility index (Phi) is 3.69. The molecule has 1 saturated carbocycles. The van der Waals surface area contributed by atoms with Crippen LogP contribution in [0.4, 0.5) is 13.2 Å². The first-order valence-electron chi connectivity index (χ1n) is 6.33. The smallest absolute Gasteiger partial charge is 0.471 e. The Labute approximate surface area is 119 Å². The molecule has 1 aromatic carbocycles. The molecule has 0 heterocycles. The van der Waals surface area contributed by atoms with Crippen LogP contribution in [0.5, 0.6) is 0 Å². The summed E-state index contributed by atoms with van der Waals surface area (Å²) in [6, 6.07) is 6.08. The van der Waals surface area contributed by atoms with Crippen molar-refractivity contribution in [3.63, 3.8) is 0 Å². The highest BCUT2D eigenvalue weighted by Gasteiger charge is 2.53. The maximum absolute atomic E-state index is 12.2. The van der Waals surface area contributed by atoms with Crippen molar-refractivity contribution in [1.82, 2.24) is 5.32 Å². The van der Waals surface area contributed by atoms with Gasteiger partial charge in [0, 0.05) is 6.04 Å². The van der Waals surface area contributed by atoms with Crippen molar-refractivity contribution in [3.8, 4) is 0 Å². The van der Waals surface area contributed by atoms with Crippen LogP contribution in [-0.2, 0) is 15.0 Å². The van der Waals surface area contributed by atoms with Crippen molar-refractivity contribution in [2.75, 3.05) is 0 Å².